The fourth-order valence-corrected chi connectivity index (χ4v) is 4.27. The summed E-state index contributed by atoms with van der Waals surface area (Å²) in [6.45, 7) is 8.26. The zero-order valence-corrected chi connectivity index (χ0v) is 17.6. The molecule has 2 rings (SSSR count). The molecule has 0 aliphatic carbocycles. The van der Waals surface area contributed by atoms with Gasteiger partial charge in [-0.1, -0.05) is 17.7 Å². The molecule has 4 nitrogen and oxygen atoms in total. The lowest BCUT2D eigenvalue weighted by molar-refractivity contribution is 0.0235. The van der Waals surface area contributed by atoms with Crippen molar-refractivity contribution in [1.29, 1.82) is 0 Å². The number of likely N-dealkylation sites (N-methyl/N-ethyl adjacent to an activating group) is 1. The first kappa shape index (κ1) is 20.2. The van der Waals surface area contributed by atoms with Crippen molar-refractivity contribution in [3.63, 3.8) is 0 Å². The van der Waals surface area contributed by atoms with Gasteiger partial charge in [0.1, 0.15) is 5.60 Å². The first-order valence-electron chi connectivity index (χ1n) is 8.15. The summed E-state index contributed by atoms with van der Waals surface area (Å²) in [5.74, 6) is 0. The summed E-state index contributed by atoms with van der Waals surface area (Å²) in [6.07, 6.45) is -0.311. The van der Waals surface area contributed by atoms with E-state index in [4.69, 9.17) is 16.3 Å². The molecule has 1 N–H and O–H groups in total. The quantitative estimate of drug-likeness (QED) is 0.705. The first-order chi connectivity index (χ1) is 11.7. The summed E-state index contributed by atoms with van der Waals surface area (Å²) in [5.41, 5.74) is -0.494. The van der Waals surface area contributed by atoms with Gasteiger partial charge in [0, 0.05) is 29.4 Å². The van der Waals surface area contributed by atoms with Crippen LogP contribution < -0.4 is 5.32 Å². The van der Waals surface area contributed by atoms with Crippen molar-refractivity contribution >= 4 is 40.4 Å². The van der Waals surface area contributed by atoms with Crippen LogP contribution in [0.15, 0.2) is 29.6 Å². The minimum atomic E-state index is -0.494. The lowest BCUT2D eigenvalue weighted by atomic mass is 10.2. The van der Waals surface area contributed by atoms with Crippen molar-refractivity contribution < 1.29 is 9.53 Å². The summed E-state index contributed by atoms with van der Waals surface area (Å²) < 4.78 is 6.21. The van der Waals surface area contributed by atoms with Crippen LogP contribution in [0.5, 0.6) is 0 Å². The van der Waals surface area contributed by atoms with Crippen LogP contribution in [0, 0.1) is 0 Å². The Kier molecular flexibility index (Phi) is 6.91. The normalized spacial score (nSPS) is 14.2. The molecule has 0 aliphatic heterocycles. The number of amides is 1. The molecule has 25 heavy (non-hydrogen) atoms. The molecule has 2 aromatic heterocycles. The fourth-order valence-electron chi connectivity index (χ4n) is 2.22. The molecule has 0 fully saturated rings. The second-order valence-electron chi connectivity index (χ2n) is 6.94. The predicted molar refractivity (Wildman–Crippen MR) is 107 cm³/mol. The number of hydrogen-bond acceptors (Lipinski definition) is 5. The number of rotatable bonds is 6. The maximum atomic E-state index is 12.2. The third kappa shape index (κ3) is 5.99. The summed E-state index contributed by atoms with van der Waals surface area (Å²) in [6, 6.07) is 8.19. The average Bonchev–Trinajstić information content (AvgIpc) is 3.17. The van der Waals surface area contributed by atoms with Gasteiger partial charge >= 0.3 is 6.09 Å². The Morgan fingerprint density at radius 3 is 2.56 bits per heavy atom. The van der Waals surface area contributed by atoms with Gasteiger partial charge in [-0.3, -0.25) is 0 Å². The van der Waals surface area contributed by atoms with Crippen LogP contribution in [0.1, 0.15) is 43.5 Å². The molecule has 138 valence electrons. The van der Waals surface area contributed by atoms with E-state index in [2.05, 4.69) is 16.8 Å². The van der Waals surface area contributed by atoms with E-state index in [1.54, 1.807) is 34.6 Å². The number of halogens is 1. The van der Waals surface area contributed by atoms with E-state index in [1.807, 2.05) is 45.9 Å². The molecule has 1 amide bonds. The highest BCUT2D eigenvalue weighted by atomic mass is 35.5. The van der Waals surface area contributed by atoms with Gasteiger partial charge < -0.3 is 15.0 Å². The van der Waals surface area contributed by atoms with Crippen LogP contribution in [0.2, 0.25) is 4.34 Å². The number of thiophene rings is 2. The zero-order valence-electron chi connectivity index (χ0n) is 15.2. The minimum Gasteiger partial charge on any atom is -0.444 e. The summed E-state index contributed by atoms with van der Waals surface area (Å²) in [4.78, 5) is 16.2. The number of carbonyl (C=O) groups is 1. The SMILES string of the molecule is CC(CNC(c1cccs1)c1ccc(Cl)s1)N(C)C(=O)OC(C)(C)C. The summed E-state index contributed by atoms with van der Waals surface area (Å²) in [5, 5.41) is 5.63. The highest BCUT2D eigenvalue weighted by Gasteiger charge is 2.24. The monoisotopic (exact) mass is 400 g/mol. The lowest BCUT2D eigenvalue weighted by Gasteiger charge is -2.29. The minimum absolute atomic E-state index is 0.00672. The Hall–Kier alpha value is -1.08. The topological polar surface area (TPSA) is 41.6 Å². The van der Waals surface area contributed by atoms with Crippen molar-refractivity contribution in [2.45, 2.75) is 45.4 Å². The highest BCUT2D eigenvalue weighted by Crippen LogP contribution is 2.33. The van der Waals surface area contributed by atoms with Crippen LogP contribution >= 0.6 is 34.3 Å². The molecule has 0 bridgehead atoms. The predicted octanol–water partition coefficient (Wildman–Crippen LogP) is 5.40. The van der Waals surface area contributed by atoms with Crippen LogP contribution in [0.3, 0.4) is 0 Å². The maximum Gasteiger partial charge on any atom is 0.410 e. The van der Waals surface area contributed by atoms with Gasteiger partial charge in [-0.2, -0.15) is 0 Å². The van der Waals surface area contributed by atoms with Crippen LogP contribution in [0.25, 0.3) is 0 Å². The highest BCUT2D eigenvalue weighted by molar-refractivity contribution is 7.16. The van der Waals surface area contributed by atoms with E-state index >= 15 is 0 Å². The van der Waals surface area contributed by atoms with Crippen LogP contribution in [-0.2, 0) is 4.74 Å². The third-order valence-electron chi connectivity index (χ3n) is 3.67. The molecule has 2 aromatic rings. The van der Waals surface area contributed by atoms with E-state index < -0.39 is 5.60 Å². The third-order valence-corrected chi connectivity index (χ3v) is 5.90. The van der Waals surface area contributed by atoms with Gasteiger partial charge in [-0.25, -0.2) is 4.79 Å². The van der Waals surface area contributed by atoms with Gasteiger partial charge in [-0.05, 0) is 51.3 Å². The molecule has 0 aromatic carbocycles. The first-order valence-corrected chi connectivity index (χ1v) is 10.2. The molecule has 0 saturated heterocycles. The van der Waals surface area contributed by atoms with Crippen molar-refractivity contribution in [1.82, 2.24) is 10.2 Å². The molecule has 7 heteroatoms. The molecular weight excluding hydrogens is 376 g/mol. The standard InChI is InChI=1S/C18H25ClN2O2S2/c1-12(21(5)17(22)23-18(2,3)4)11-20-16(13-7-6-10-24-13)14-8-9-15(19)25-14/h6-10,12,16,20H,11H2,1-5H3. The van der Waals surface area contributed by atoms with Crippen LogP contribution in [-0.4, -0.2) is 36.2 Å². The number of ether oxygens (including phenoxy) is 1. The molecule has 0 aliphatic rings. The Morgan fingerprint density at radius 1 is 1.32 bits per heavy atom. The molecule has 2 heterocycles. The summed E-state index contributed by atoms with van der Waals surface area (Å²) in [7, 11) is 1.77. The van der Waals surface area contributed by atoms with Crippen molar-refractivity contribution in [3.05, 3.63) is 43.7 Å². The van der Waals surface area contributed by atoms with E-state index in [0.717, 1.165) is 4.34 Å². The van der Waals surface area contributed by atoms with E-state index in [9.17, 15) is 4.79 Å². The number of nitrogens with one attached hydrogen (secondary N) is 1. The van der Waals surface area contributed by atoms with E-state index in [0.29, 0.717) is 6.54 Å². The number of carbonyl (C=O) groups excluding carboxylic acids is 1. The average molecular weight is 401 g/mol. The molecule has 2 atom stereocenters. The fraction of sp³-hybridized carbons (Fsp3) is 0.500. The second kappa shape index (κ2) is 8.54. The Bertz CT molecular complexity index is 680. The Labute approximate surface area is 162 Å². The number of hydrogen-bond donors (Lipinski definition) is 1. The Morgan fingerprint density at radius 2 is 2.04 bits per heavy atom. The molecule has 0 saturated carbocycles. The summed E-state index contributed by atoms with van der Waals surface area (Å²) >= 11 is 9.38. The van der Waals surface area contributed by atoms with E-state index in [1.165, 1.54) is 9.75 Å². The number of nitrogens with zero attached hydrogens (tertiary/aromatic N) is 1. The van der Waals surface area contributed by atoms with Crippen molar-refractivity contribution in [3.8, 4) is 0 Å². The smallest absolute Gasteiger partial charge is 0.410 e. The lowest BCUT2D eigenvalue weighted by Crippen LogP contribution is -2.44. The molecule has 0 spiro atoms. The molecule has 0 radical (unpaired) electrons. The van der Waals surface area contributed by atoms with Crippen molar-refractivity contribution in [2.75, 3.05) is 13.6 Å². The van der Waals surface area contributed by atoms with Crippen molar-refractivity contribution in [2.24, 2.45) is 0 Å². The zero-order chi connectivity index (χ0) is 18.6. The van der Waals surface area contributed by atoms with Crippen LogP contribution in [0.4, 0.5) is 4.79 Å². The van der Waals surface area contributed by atoms with E-state index in [-0.39, 0.29) is 18.2 Å². The van der Waals surface area contributed by atoms with Gasteiger partial charge in [0.25, 0.3) is 0 Å². The second-order valence-corrected chi connectivity index (χ2v) is 9.66. The molecular formula is C18H25ClN2O2S2. The maximum absolute atomic E-state index is 12.2. The van der Waals surface area contributed by atoms with Gasteiger partial charge in [-0.15, -0.1) is 22.7 Å². The Balaban J connectivity index is 2.01. The molecule has 2 unspecified atom stereocenters. The largest absolute Gasteiger partial charge is 0.444 e. The van der Waals surface area contributed by atoms with Gasteiger partial charge in [0.15, 0.2) is 0 Å². The van der Waals surface area contributed by atoms with Gasteiger partial charge in [0.05, 0.1) is 10.4 Å². The van der Waals surface area contributed by atoms with Gasteiger partial charge in [0.2, 0.25) is 0 Å².